The Morgan fingerprint density at radius 2 is 1.76 bits per heavy atom. The second-order valence-electron chi connectivity index (χ2n) is 7.15. The van der Waals surface area contributed by atoms with Crippen LogP contribution in [0.1, 0.15) is 29.6 Å². The van der Waals surface area contributed by atoms with Gasteiger partial charge in [-0.2, -0.15) is 0 Å². The molecule has 3 rings (SSSR count). The molecule has 1 aromatic rings. The van der Waals surface area contributed by atoms with Crippen LogP contribution >= 0.6 is 11.6 Å². The van der Waals surface area contributed by atoms with Crippen molar-refractivity contribution in [3.8, 4) is 0 Å². The Morgan fingerprint density at radius 3 is 2.40 bits per heavy atom. The van der Waals surface area contributed by atoms with Crippen LogP contribution in [0.3, 0.4) is 0 Å². The monoisotopic (exact) mass is 368 g/mol. The lowest BCUT2D eigenvalue weighted by molar-refractivity contribution is -0.130. The van der Waals surface area contributed by atoms with Gasteiger partial charge in [0, 0.05) is 36.8 Å². The zero-order valence-corrected chi connectivity index (χ0v) is 14.9. The number of piperidine rings is 2. The Labute approximate surface area is 152 Å². The highest BCUT2D eigenvalue weighted by molar-refractivity contribution is 6.30. The van der Waals surface area contributed by atoms with Gasteiger partial charge in [0.2, 0.25) is 0 Å². The van der Waals surface area contributed by atoms with E-state index in [2.05, 4.69) is 0 Å². The largest absolute Gasteiger partial charge is 0.393 e. The predicted molar refractivity (Wildman–Crippen MR) is 94.6 cm³/mol. The first kappa shape index (κ1) is 18.6. The van der Waals surface area contributed by atoms with Gasteiger partial charge in [0.1, 0.15) is 5.60 Å². The van der Waals surface area contributed by atoms with Gasteiger partial charge in [-0.05, 0) is 43.5 Å². The van der Waals surface area contributed by atoms with Crippen LogP contribution in [0.5, 0.6) is 0 Å². The van der Waals surface area contributed by atoms with Crippen LogP contribution in [0, 0.1) is 0 Å². The van der Waals surface area contributed by atoms with E-state index in [0.717, 1.165) is 0 Å². The molecule has 1 aromatic carbocycles. The minimum absolute atomic E-state index is 0.0919. The lowest BCUT2D eigenvalue weighted by Gasteiger charge is -2.45. The highest BCUT2D eigenvalue weighted by atomic mass is 35.5. The molecule has 0 aliphatic carbocycles. The summed E-state index contributed by atoms with van der Waals surface area (Å²) in [5, 5.41) is 31.5. The molecule has 2 aliphatic heterocycles. The number of carbonyl (C=O) groups excluding carboxylic acids is 1. The zero-order chi connectivity index (χ0) is 18.0. The van der Waals surface area contributed by atoms with E-state index >= 15 is 0 Å². The van der Waals surface area contributed by atoms with Gasteiger partial charge in [-0.3, -0.25) is 4.79 Å². The maximum atomic E-state index is 12.7. The van der Waals surface area contributed by atoms with E-state index in [9.17, 15) is 20.1 Å². The Kier molecular flexibility index (Phi) is 5.65. The molecule has 1 amide bonds. The first-order chi connectivity index (χ1) is 11.9. The molecule has 2 atom stereocenters. The van der Waals surface area contributed by atoms with E-state index < -0.39 is 11.7 Å². The molecule has 2 heterocycles. The van der Waals surface area contributed by atoms with Crippen molar-refractivity contribution in [1.29, 1.82) is 0 Å². The normalized spacial score (nSPS) is 29.0. The highest BCUT2D eigenvalue weighted by Crippen LogP contribution is 2.26. The van der Waals surface area contributed by atoms with E-state index in [1.165, 1.54) is 0 Å². The van der Waals surface area contributed by atoms with Crippen LogP contribution in [0.25, 0.3) is 0 Å². The van der Waals surface area contributed by atoms with Gasteiger partial charge in [-0.25, -0.2) is 0 Å². The van der Waals surface area contributed by atoms with E-state index in [1.54, 1.807) is 29.2 Å². The van der Waals surface area contributed by atoms with Gasteiger partial charge in [0.05, 0.1) is 18.8 Å². The quantitative estimate of drug-likeness (QED) is 0.732. The van der Waals surface area contributed by atoms with Gasteiger partial charge < -0.3 is 25.1 Å². The van der Waals surface area contributed by atoms with Crippen molar-refractivity contribution in [2.75, 3.05) is 32.7 Å². The van der Waals surface area contributed by atoms with Crippen LogP contribution in [0.2, 0.25) is 5.02 Å². The summed E-state index contributed by atoms with van der Waals surface area (Å²) in [5.41, 5.74) is -0.841. The fraction of sp³-hybridized carbons (Fsp3) is 0.611. The van der Waals surface area contributed by atoms with Crippen molar-refractivity contribution >= 4 is 17.5 Å². The number of nitrogens with zero attached hydrogens (tertiary/aromatic N) is 2. The summed E-state index contributed by atoms with van der Waals surface area (Å²) in [6.45, 7) is 2.16. The summed E-state index contributed by atoms with van der Waals surface area (Å²) in [7, 11) is 0. The number of amides is 1. The minimum atomic E-state index is -1.36. The number of halogens is 1. The van der Waals surface area contributed by atoms with Crippen molar-refractivity contribution < 1.29 is 20.1 Å². The van der Waals surface area contributed by atoms with E-state index in [1.807, 2.05) is 4.90 Å². The average Bonchev–Trinajstić information content (AvgIpc) is 2.60. The first-order valence-electron chi connectivity index (χ1n) is 8.73. The third-order valence-corrected chi connectivity index (χ3v) is 5.44. The molecule has 138 valence electrons. The van der Waals surface area contributed by atoms with Crippen LogP contribution in [0.15, 0.2) is 24.3 Å². The van der Waals surface area contributed by atoms with E-state index in [0.29, 0.717) is 56.0 Å². The highest BCUT2D eigenvalue weighted by Gasteiger charge is 2.44. The molecular weight excluding hydrogens is 344 g/mol. The minimum Gasteiger partial charge on any atom is -0.393 e. The molecule has 25 heavy (non-hydrogen) atoms. The topological polar surface area (TPSA) is 84.2 Å². The van der Waals surface area contributed by atoms with Crippen molar-refractivity contribution in [2.45, 2.75) is 37.1 Å². The summed E-state index contributed by atoms with van der Waals surface area (Å²) in [6.07, 6.45) is 0.518. The number of likely N-dealkylation sites (tertiary alicyclic amines) is 2. The summed E-state index contributed by atoms with van der Waals surface area (Å²) in [4.78, 5) is 16.3. The maximum Gasteiger partial charge on any atom is 0.253 e. The second-order valence-corrected chi connectivity index (χ2v) is 7.59. The second kappa shape index (κ2) is 7.60. The fourth-order valence-electron chi connectivity index (χ4n) is 3.63. The maximum absolute atomic E-state index is 12.7. The number of β-amino-alcohol motifs (C(OH)–C–C–N with tert-alkyl or cyclic N) is 1. The lowest BCUT2D eigenvalue weighted by Crippen LogP contribution is -2.63. The van der Waals surface area contributed by atoms with Gasteiger partial charge in [0.15, 0.2) is 0 Å². The lowest BCUT2D eigenvalue weighted by atomic mass is 9.88. The Bertz CT molecular complexity index is 604. The number of rotatable bonds is 3. The molecule has 0 radical (unpaired) electrons. The number of carbonyl (C=O) groups is 1. The molecule has 2 saturated heterocycles. The molecule has 7 heteroatoms. The molecule has 2 aliphatic rings. The van der Waals surface area contributed by atoms with Crippen LogP contribution in [-0.2, 0) is 0 Å². The summed E-state index contributed by atoms with van der Waals surface area (Å²) in [5.74, 6) is -0.170. The molecule has 6 nitrogen and oxygen atoms in total. The number of aliphatic hydroxyl groups is 3. The van der Waals surface area contributed by atoms with Gasteiger partial charge in [0.25, 0.3) is 5.91 Å². The molecular formula is C18H25ClN2O4. The predicted octanol–water partition coefficient (Wildman–Crippen LogP) is 0.735. The smallest absolute Gasteiger partial charge is 0.253 e. The summed E-state index contributed by atoms with van der Waals surface area (Å²) in [6, 6.07) is 6.67. The van der Waals surface area contributed by atoms with Crippen molar-refractivity contribution in [2.24, 2.45) is 0 Å². The van der Waals surface area contributed by atoms with Gasteiger partial charge in [-0.1, -0.05) is 11.6 Å². The van der Waals surface area contributed by atoms with Crippen LogP contribution in [0.4, 0.5) is 0 Å². The molecule has 0 saturated carbocycles. The summed E-state index contributed by atoms with van der Waals surface area (Å²) < 4.78 is 0. The molecule has 2 fully saturated rings. The fourth-order valence-corrected chi connectivity index (χ4v) is 3.76. The number of aliphatic hydroxyl groups excluding tert-OH is 2. The zero-order valence-electron chi connectivity index (χ0n) is 14.1. The first-order valence-corrected chi connectivity index (χ1v) is 9.11. The summed E-state index contributed by atoms with van der Waals surface area (Å²) >= 11 is 5.86. The Morgan fingerprint density at radius 1 is 1.12 bits per heavy atom. The molecule has 0 aromatic heterocycles. The SMILES string of the molecule is O=C(c1ccc(Cl)cc1)N1CC[C@H](O)[C@@](O)(CN2CCC(O)CC2)C1. The van der Waals surface area contributed by atoms with Crippen molar-refractivity contribution in [3.63, 3.8) is 0 Å². The van der Waals surface area contributed by atoms with Gasteiger partial charge >= 0.3 is 0 Å². The van der Waals surface area contributed by atoms with Crippen molar-refractivity contribution in [1.82, 2.24) is 9.80 Å². The molecule has 0 spiro atoms. The van der Waals surface area contributed by atoms with Gasteiger partial charge in [-0.15, -0.1) is 0 Å². The van der Waals surface area contributed by atoms with E-state index in [-0.39, 0.29) is 18.6 Å². The average molecular weight is 369 g/mol. The third kappa shape index (κ3) is 4.33. The van der Waals surface area contributed by atoms with E-state index in [4.69, 9.17) is 11.6 Å². The number of hydrogen-bond acceptors (Lipinski definition) is 5. The van der Waals surface area contributed by atoms with Crippen LogP contribution in [-0.4, -0.2) is 81.6 Å². The molecule has 0 bridgehead atoms. The standard InChI is InChI=1S/C18H25ClN2O4/c19-14-3-1-13(2-4-14)17(24)21-10-7-16(23)18(25,12-21)11-20-8-5-15(22)6-9-20/h1-4,15-16,22-23,25H,5-12H2/t16-,18+/m0/s1. The number of benzene rings is 1. The Balaban J connectivity index is 1.67. The van der Waals surface area contributed by atoms with Crippen molar-refractivity contribution in [3.05, 3.63) is 34.9 Å². The van der Waals surface area contributed by atoms with Crippen LogP contribution < -0.4 is 0 Å². The molecule has 3 N–H and O–H groups in total. The Hall–Kier alpha value is -1.18. The number of hydrogen-bond donors (Lipinski definition) is 3. The third-order valence-electron chi connectivity index (χ3n) is 5.19. The molecule has 0 unspecified atom stereocenters.